The van der Waals surface area contributed by atoms with Crippen LogP contribution in [0.3, 0.4) is 0 Å². The van der Waals surface area contributed by atoms with Crippen molar-refractivity contribution in [2.45, 2.75) is 26.3 Å². The fraction of sp³-hybridized carbons (Fsp3) is 0.250. The smallest absolute Gasteiger partial charge is 0.253 e. The van der Waals surface area contributed by atoms with E-state index in [0.717, 1.165) is 10.0 Å². The quantitative estimate of drug-likeness (QED) is 0.784. The van der Waals surface area contributed by atoms with E-state index in [1.54, 1.807) is 23.8 Å². The van der Waals surface area contributed by atoms with Crippen molar-refractivity contribution in [2.24, 2.45) is 0 Å². The Morgan fingerprint density at radius 3 is 2.65 bits per heavy atom. The van der Waals surface area contributed by atoms with Crippen LogP contribution in [0.15, 0.2) is 51.9 Å². The summed E-state index contributed by atoms with van der Waals surface area (Å²) >= 11 is 3.38. The van der Waals surface area contributed by atoms with Crippen molar-refractivity contribution in [3.8, 4) is 0 Å². The van der Waals surface area contributed by atoms with Crippen LogP contribution in [0, 0.1) is 6.92 Å². The highest BCUT2D eigenvalue weighted by Crippen LogP contribution is 2.10. The van der Waals surface area contributed by atoms with Gasteiger partial charge in [-0.3, -0.25) is 9.59 Å². The Morgan fingerprint density at radius 2 is 1.95 bits per heavy atom. The Bertz CT molecular complexity index is 662. The molecular formula is C16H16BrNO2. The minimum absolute atomic E-state index is 0.000333. The zero-order valence-electron chi connectivity index (χ0n) is 11.3. The Balaban J connectivity index is 1.97. The van der Waals surface area contributed by atoms with Crippen LogP contribution >= 0.6 is 15.9 Å². The number of Topliss-reactive ketones (excluding diaryl/α,β-unsaturated/α-hetero) is 1. The number of nitrogens with zero attached hydrogens (tertiary/aromatic N) is 1. The molecule has 0 saturated carbocycles. The fourth-order valence-corrected chi connectivity index (χ4v) is 2.67. The van der Waals surface area contributed by atoms with E-state index in [1.807, 2.05) is 30.3 Å². The third-order valence-corrected chi connectivity index (χ3v) is 3.56. The lowest BCUT2D eigenvalue weighted by atomic mass is 10.1. The average molecular weight is 334 g/mol. The highest BCUT2D eigenvalue weighted by Gasteiger charge is 2.06. The zero-order chi connectivity index (χ0) is 14.5. The van der Waals surface area contributed by atoms with E-state index in [9.17, 15) is 9.59 Å². The van der Waals surface area contributed by atoms with Gasteiger partial charge < -0.3 is 4.57 Å². The van der Waals surface area contributed by atoms with Gasteiger partial charge in [-0.1, -0.05) is 30.3 Å². The third kappa shape index (κ3) is 3.67. The summed E-state index contributed by atoms with van der Waals surface area (Å²) in [5.74, 6) is 0.116. The first kappa shape index (κ1) is 14.7. The van der Waals surface area contributed by atoms with E-state index in [2.05, 4.69) is 15.9 Å². The predicted octanol–water partition coefficient (Wildman–Crippen LogP) is 3.58. The minimum atomic E-state index is 0.000333. The van der Waals surface area contributed by atoms with Gasteiger partial charge in [0.1, 0.15) is 0 Å². The number of benzene rings is 1. The lowest BCUT2D eigenvalue weighted by Gasteiger charge is -2.07. The topological polar surface area (TPSA) is 39.1 Å². The normalized spacial score (nSPS) is 10.5. The molecule has 0 radical (unpaired) electrons. The van der Waals surface area contributed by atoms with Crippen LogP contribution in [0.25, 0.3) is 0 Å². The van der Waals surface area contributed by atoms with Crippen LogP contribution in [-0.4, -0.2) is 10.4 Å². The molecule has 0 amide bonds. The maximum absolute atomic E-state index is 12.0. The largest absolute Gasteiger partial charge is 0.314 e. The molecule has 0 saturated heterocycles. The highest BCUT2D eigenvalue weighted by molar-refractivity contribution is 9.10. The molecule has 0 fully saturated rings. The molecular weight excluding hydrogens is 318 g/mol. The van der Waals surface area contributed by atoms with E-state index >= 15 is 0 Å². The zero-order valence-corrected chi connectivity index (χ0v) is 12.9. The van der Waals surface area contributed by atoms with Gasteiger partial charge in [0.25, 0.3) is 5.56 Å². The highest BCUT2D eigenvalue weighted by atomic mass is 79.9. The first-order valence-corrected chi connectivity index (χ1v) is 7.32. The monoisotopic (exact) mass is 333 g/mol. The van der Waals surface area contributed by atoms with Crippen molar-refractivity contribution in [1.29, 1.82) is 0 Å². The Labute approximate surface area is 126 Å². The number of ketones is 1. The van der Waals surface area contributed by atoms with Gasteiger partial charge >= 0.3 is 0 Å². The summed E-state index contributed by atoms with van der Waals surface area (Å²) in [6.07, 6.45) is 2.87. The Kier molecular flexibility index (Phi) is 4.90. The van der Waals surface area contributed by atoms with Crippen LogP contribution in [0.2, 0.25) is 0 Å². The average Bonchev–Trinajstić information content (AvgIpc) is 2.44. The van der Waals surface area contributed by atoms with Gasteiger partial charge in [-0.2, -0.15) is 0 Å². The van der Waals surface area contributed by atoms with E-state index in [0.29, 0.717) is 24.9 Å². The van der Waals surface area contributed by atoms with E-state index in [4.69, 9.17) is 0 Å². The molecule has 0 N–H and O–H groups in total. The lowest BCUT2D eigenvalue weighted by Crippen LogP contribution is -2.22. The van der Waals surface area contributed by atoms with Gasteiger partial charge in [0.15, 0.2) is 5.78 Å². The van der Waals surface area contributed by atoms with E-state index in [-0.39, 0.29) is 11.3 Å². The molecule has 4 heteroatoms. The Hall–Kier alpha value is -1.68. The number of rotatable bonds is 5. The van der Waals surface area contributed by atoms with Crippen LogP contribution in [0.4, 0.5) is 0 Å². The van der Waals surface area contributed by atoms with Crippen molar-refractivity contribution in [3.05, 3.63) is 68.5 Å². The van der Waals surface area contributed by atoms with Crippen LogP contribution in [0.1, 0.15) is 28.8 Å². The molecule has 2 aromatic rings. The number of carbonyl (C=O) groups excluding carboxylic acids is 1. The second-order valence-electron chi connectivity index (χ2n) is 4.73. The number of carbonyl (C=O) groups is 1. The molecule has 0 aliphatic carbocycles. The molecule has 0 atom stereocenters. The molecule has 1 heterocycles. The molecule has 3 nitrogen and oxygen atoms in total. The first-order valence-electron chi connectivity index (χ1n) is 6.53. The van der Waals surface area contributed by atoms with E-state index < -0.39 is 0 Å². The third-order valence-electron chi connectivity index (χ3n) is 3.13. The molecule has 1 aromatic heterocycles. The number of aromatic nitrogens is 1. The lowest BCUT2D eigenvalue weighted by molar-refractivity contribution is 0.0978. The fourth-order valence-electron chi connectivity index (χ4n) is 2.08. The van der Waals surface area contributed by atoms with Crippen molar-refractivity contribution in [3.63, 3.8) is 0 Å². The van der Waals surface area contributed by atoms with Gasteiger partial charge in [-0.05, 0) is 35.3 Å². The maximum atomic E-state index is 12.0. The first-order chi connectivity index (χ1) is 9.58. The second-order valence-corrected chi connectivity index (χ2v) is 5.65. The van der Waals surface area contributed by atoms with Gasteiger partial charge in [0.2, 0.25) is 0 Å². The summed E-state index contributed by atoms with van der Waals surface area (Å²) in [4.78, 5) is 23.9. The Morgan fingerprint density at radius 1 is 1.25 bits per heavy atom. The summed E-state index contributed by atoms with van der Waals surface area (Å²) in [6.45, 7) is 2.34. The van der Waals surface area contributed by atoms with Crippen LogP contribution < -0.4 is 5.56 Å². The van der Waals surface area contributed by atoms with Crippen LogP contribution in [-0.2, 0) is 6.54 Å². The summed E-state index contributed by atoms with van der Waals surface area (Å²) in [5.41, 5.74) is 1.43. The molecule has 0 aliphatic heterocycles. The summed E-state index contributed by atoms with van der Waals surface area (Å²) < 4.78 is 2.53. The standard InChI is InChI=1S/C16H16BrNO2/c1-12-10-14(17)11-18(16(12)20)9-5-8-15(19)13-6-3-2-4-7-13/h2-4,6-7,10-11H,5,8-9H2,1H3. The second kappa shape index (κ2) is 6.66. The van der Waals surface area contributed by atoms with Gasteiger partial charge in [-0.15, -0.1) is 0 Å². The number of pyridine rings is 1. The van der Waals surface area contributed by atoms with Crippen LogP contribution in [0.5, 0.6) is 0 Å². The summed E-state index contributed by atoms with van der Waals surface area (Å²) in [7, 11) is 0. The van der Waals surface area contributed by atoms with Crippen molar-refractivity contribution in [2.75, 3.05) is 0 Å². The molecule has 0 aliphatic rings. The van der Waals surface area contributed by atoms with Crippen molar-refractivity contribution < 1.29 is 4.79 Å². The molecule has 2 rings (SSSR count). The van der Waals surface area contributed by atoms with Gasteiger partial charge in [-0.25, -0.2) is 0 Å². The molecule has 0 unspecified atom stereocenters. The van der Waals surface area contributed by atoms with Gasteiger partial charge in [0.05, 0.1) is 0 Å². The molecule has 1 aromatic carbocycles. The summed E-state index contributed by atoms with van der Waals surface area (Å²) in [6, 6.07) is 11.0. The van der Waals surface area contributed by atoms with Crippen molar-refractivity contribution >= 4 is 21.7 Å². The number of aryl methyl sites for hydroxylation is 2. The number of halogens is 1. The SMILES string of the molecule is Cc1cc(Br)cn(CCCC(=O)c2ccccc2)c1=O. The molecule has 104 valence electrons. The molecule has 0 spiro atoms. The molecule has 20 heavy (non-hydrogen) atoms. The van der Waals surface area contributed by atoms with Gasteiger partial charge in [0, 0.05) is 34.8 Å². The number of hydrogen-bond acceptors (Lipinski definition) is 2. The predicted molar refractivity (Wildman–Crippen MR) is 83.1 cm³/mol. The maximum Gasteiger partial charge on any atom is 0.253 e. The number of hydrogen-bond donors (Lipinski definition) is 0. The van der Waals surface area contributed by atoms with Crippen molar-refractivity contribution in [1.82, 2.24) is 4.57 Å². The minimum Gasteiger partial charge on any atom is -0.314 e. The molecule has 0 bridgehead atoms. The van der Waals surface area contributed by atoms with E-state index in [1.165, 1.54) is 0 Å². The summed E-state index contributed by atoms with van der Waals surface area (Å²) in [5, 5.41) is 0.